The van der Waals surface area contributed by atoms with Gasteiger partial charge in [0, 0.05) is 0 Å². The molecule has 2 aliphatic rings. The van der Waals surface area contributed by atoms with Gasteiger partial charge in [0.05, 0.1) is 16.9 Å². The number of primary amides is 1. The van der Waals surface area contributed by atoms with E-state index >= 15 is 0 Å². The summed E-state index contributed by atoms with van der Waals surface area (Å²) in [7, 11) is 0. The van der Waals surface area contributed by atoms with Gasteiger partial charge in [-0.1, -0.05) is 27.7 Å². The molecule has 2 aliphatic carbocycles. The molecule has 0 radical (unpaired) electrons. The lowest BCUT2D eigenvalue weighted by Crippen LogP contribution is -2.38. The Morgan fingerprint density at radius 2 is 1.60 bits per heavy atom. The Morgan fingerprint density at radius 3 is 1.67 bits per heavy atom. The molecule has 0 aliphatic heterocycles. The van der Waals surface area contributed by atoms with Gasteiger partial charge in [0.25, 0.3) is 0 Å². The number of rotatable bonds is 2. The molecule has 2 fully saturated rings. The number of nitrogens with two attached hydrogens (primary N) is 1. The summed E-state index contributed by atoms with van der Waals surface area (Å²) < 4.78 is 0. The van der Waals surface area contributed by atoms with Gasteiger partial charge in [-0.25, -0.2) is 0 Å². The Kier molecular flexibility index (Phi) is 1.54. The highest BCUT2D eigenvalue weighted by Crippen LogP contribution is 2.84. The predicted octanol–water partition coefficient (Wildman–Crippen LogP) is 1.83. The van der Waals surface area contributed by atoms with E-state index in [-0.39, 0.29) is 16.7 Å². The smallest absolute Gasteiger partial charge is 0.225 e. The van der Waals surface area contributed by atoms with Crippen LogP contribution in [0.1, 0.15) is 40.5 Å². The van der Waals surface area contributed by atoms with E-state index in [1.165, 1.54) is 0 Å². The largest absolute Gasteiger partial charge is 0.369 e. The van der Waals surface area contributed by atoms with Gasteiger partial charge in [0.15, 0.2) is 0 Å². The SMILES string of the molecule is CC1(C)CC1(C#N)C1(C(N)=O)CC1(C)C. The summed E-state index contributed by atoms with van der Waals surface area (Å²) in [5.74, 6) is -0.292. The van der Waals surface area contributed by atoms with Crippen molar-refractivity contribution in [2.75, 3.05) is 0 Å². The number of hydrogen-bond donors (Lipinski definition) is 1. The van der Waals surface area contributed by atoms with Crippen molar-refractivity contribution in [2.24, 2.45) is 27.4 Å². The second-order valence-electron chi connectivity index (χ2n) is 6.41. The monoisotopic (exact) mass is 206 g/mol. The molecule has 2 N–H and O–H groups in total. The highest BCUT2D eigenvalue weighted by Gasteiger charge is 2.85. The van der Waals surface area contributed by atoms with Crippen LogP contribution in [0.25, 0.3) is 0 Å². The minimum absolute atomic E-state index is 0.0649. The second kappa shape index (κ2) is 2.21. The van der Waals surface area contributed by atoms with E-state index < -0.39 is 10.8 Å². The van der Waals surface area contributed by atoms with Gasteiger partial charge in [-0.05, 0) is 23.7 Å². The maximum atomic E-state index is 11.7. The third kappa shape index (κ3) is 0.844. The van der Waals surface area contributed by atoms with Crippen molar-refractivity contribution in [2.45, 2.75) is 40.5 Å². The molecule has 1 amide bonds. The van der Waals surface area contributed by atoms with Crippen LogP contribution < -0.4 is 5.73 Å². The summed E-state index contributed by atoms with van der Waals surface area (Å²) in [6.45, 7) is 8.17. The first-order valence-corrected chi connectivity index (χ1v) is 5.38. The van der Waals surface area contributed by atoms with E-state index in [0.29, 0.717) is 0 Å². The van der Waals surface area contributed by atoms with Crippen molar-refractivity contribution < 1.29 is 4.79 Å². The lowest BCUT2D eigenvalue weighted by Gasteiger charge is -2.25. The summed E-state index contributed by atoms with van der Waals surface area (Å²) >= 11 is 0. The quantitative estimate of drug-likeness (QED) is 0.749. The summed E-state index contributed by atoms with van der Waals surface area (Å²) in [6, 6.07) is 2.38. The van der Waals surface area contributed by atoms with Crippen LogP contribution in [0.15, 0.2) is 0 Å². The topological polar surface area (TPSA) is 66.9 Å². The van der Waals surface area contributed by atoms with Crippen LogP contribution in [0.2, 0.25) is 0 Å². The number of carbonyl (C=O) groups excluding carboxylic acids is 1. The van der Waals surface area contributed by atoms with Gasteiger partial charge in [0.2, 0.25) is 5.91 Å². The van der Waals surface area contributed by atoms with Gasteiger partial charge < -0.3 is 5.73 Å². The van der Waals surface area contributed by atoms with Gasteiger partial charge >= 0.3 is 0 Å². The number of nitrogens with zero attached hydrogens (tertiary/aromatic N) is 1. The first kappa shape index (κ1) is 10.5. The number of amides is 1. The standard InChI is InChI=1S/C12H18N2O/c1-9(2)5-11(9,7-13)12(8(14)15)6-10(12,3)4/h5-6H2,1-4H3,(H2,14,15). The number of carbonyl (C=O) groups is 1. The van der Waals surface area contributed by atoms with Crippen molar-refractivity contribution in [3.05, 3.63) is 0 Å². The summed E-state index contributed by atoms with van der Waals surface area (Å²) in [5.41, 5.74) is 4.26. The number of nitriles is 1. The van der Waals surface area contributed by atoms with Crippen LogP contribution in [0.3, 0.4) is 0 Å². The summed E-state index contributed by atoms with van der Waals surface area (Å²) in [6.07, 6.45) is 1.55. The minimum atomic E-state index is -0.585. The van der Waals surface area contributed by atoms with Crippen molar-refractivity contribution in [1.29, 1.82) is 5.26 Å². The zero-order chi connectivity index (χ0) is 11.7. The van der Waals surface area contributed by atoms with Crippen LogP contribution in [0, 0.1) is 33.0 Å². The van der Waals surface area contributed by atoms with Crippen LogP contribution in [-0.4, -0.2) is 5.91 Å². The molecule has 82 valence electrons. The molecular weight excluding hydrogens is 188 g/mol. The molecule has 2 saturated carbocycles. The van der Waals surface area contributed by atoms with Crippen molar-refractivity contribution >= 4 is 5.91 Å². The van der Waals surface area contributed by atoms with E-state index in [2.05, 4.69) is 19.9 Å². The molecule has 0 aromatic rings. The lowest BCUT2D eigenvalue weighted by molar-refractivity contribution is -0.126. The zero-order valence-electron chi connectivity index (χ0n) is 9.85. The molecule has 2 rings (SSSR count). The van der Waals surface area contributed by atoms with Crippen LogP contribution in [0.5, 0.6) is 0 Å². The normalized spacial score (nSPS) is 44.2. The molecule has 3 heteroatoms. The lowest BCUT2D eigenvalue weighted by atomic mass is 9.75. The van der Waals surface area contributed by atoms with Gasteiger partial charge in [-0.2, -0.15) is 5.26 Å². The number of hydrogen-bond acceptors (Lipinski definition) is 2. The fraction of sp³-hybridized carbons (Fsp3) is 0.833. The van der Waals surface area contributed by atoms with Gasteiger partial charge in [-0.3, -0.25) is 4.79 Å². The van der Waals surface area contributed by atoms with Crippen LogP contribution in [0.4, 0.5) is 0 Å². The average molecular weight is 206 g/mol. The Bertz CT molecular complexity index is 391. The fourth-order valence-electron chi connectivity index (χ4n) is 3.61. The molecular formula is C12H18N2O. The predicted molar refractivity (Wildman–Crippen MR) is 56.5 cm³/mol. The van der Waals surface area contributed by atoms with Gasteiger partial charge in [-0.15, -0.1) is 0 Å². The third-order valence-electron chi connectivity index (χ3n) is 4.81. The Balaban J connectivity index is 2.48. The minimum Gasteiger partial charge on any atom is -0.369 e. The first-order chi connectivity index (χ1) is 6.67. The first-order valence-electron chi connectivity index (χ1n) is 5.38. The van der Waals surface area contributed by atoms with E-state index in [1.807, 2.05) is 13.8 Å². The Morgan fingerprint density at radius 1 is 1.20 bits per heavy atom. The molecule has 0 aromatic carbocycles. The maximum Gasteiger partial charge on any atom is 0.225 e. The van der Waals surface area contributed by atoms with Crippen molar-refractivity contribution in [3.63, 3.8) is 0 Å². The van der Waals surface area contributed by atoms with Crippen molar-refractivity contribution in [1.82, 2.24) is 0 Å². The average Bonchev–Trinajstić information content (AvgIpc) is 2.85. The van der Waals surface area contributed by atoms with E-state index in [1.54, 1.807) is 0 Å². The highest BCUT2D eigenvalue weighted by atomic mass is 16.1. The van der Waals surface area contributed by atoms with Crippen LogP contribution >= 0.6 is 0 Å². The van der Waals surface area contributed by atoms with Crippen molar-refractivity contribution in [3.8, 4) is 6.07 Å². The summed E-state index contributed by atoms with van der Waals surface area (Å²) in [5, 5.41) is 9.39. The second-order valence-corrected chi connectivity index (χ2v) is 6.41. The highest BCUT2D eigenvalue weighted by molar-refractivity contribution is 5.88. The van der Waals surface area contributed by atoms with E-state index in [0.717, 1.165) is 12.8 Å². The third-order valence-corrected chi connectivity index (χ3v) is 4.81. The molecule has 0 heterocycles. The Labute approximate surface area is 90.6 Å². The summed E-state index contributed by atoms with van der Waals surface area (Å²) in [4.78, 5) is 11.7. The molecule has 0 saturated heterocycles. The molecule has 0 aromatic heterocycles. The molecule has 3 nitrogen and oxygen atoms in total. The fourth-order valence-corrected chi connectivity index (χ4v) is 3.61. The van der Waals surface area contributed by atoms with Crippen LogP contribution in [-0.2, 0) is 4.79 Å². The Hall–Kier alpha value is -1.04. The van der Waals surface area contributed by atoms with E-state index in [4.69, 9.17) is 5.73 Å². The molecule has 15 heavy (non-hydrogen) atoms. The molecule has 0 spiro atoms. The molecule has 2 atom stereocenters. The molecule has 2 unspecified atom stereocenters. The van der Waals surface area contributed by atoms with Gasteiger partial charge in [0.1, 0.15) is 0 Å². The molecule has 0 bridgehead atoms. The van der Waals surface area contributed by atoms with E-state index in [9.17, 15) is 10.1 Å². The zero-order valence-corrected chi connectivity index (χ0v) is 9.85. The maximum absolute atomic E-state index is 11.7.